The Hall–Kier alpha value is -1.24. The number of ketones is 1. The van der Waals surface area contributed by atoms with Gasteiger partial charge in [0.2, 0.25) is 0 Å². The first kappa shape index (κ1) is 25.8. The number of rotatable bonds is 9. The van der Waals surface area contributed by atoms with Crippen LogP contribution in [-0.2, 0) is 4.79 Å². The van der Waals surface area contributed by atoms with Crippen molar-refractivity contribution in [2.24, 2.45) is 5.92 Å². The fraction of sp³-hybridized carbons (Fsp3) is 0.923. The number of carbonyl (C=O) groups excluding carboxylic acids is 1. The third-order valence-corrected chi connectivity index (χ3v) is 3.69. The average Bonchev–Trinajstić information content (AvgIpc) is 2.45. The van der Waals surface area contributed by atoms with Crippen molar-refractivity contribution in [3.63, 3.8) is 0 Å². The van der Waals surface area contributed by atoms with Crippen molar-refractivity contribution in [1.29, 1.82) is 0 Å². The van der Waals surface area contributed by atoms with E-state index in [0.717, 1.165) is 0 Å². The van der Waals surface area contributed by atoms with Gasteiger partial charge in [-0.1, -0.05) is 13.8 Å². The van der Waals surface area contributed by atoms with Gasteiger partial charge in [0.25, 0.3) is 0 Å². The zero-order chi connectivity index (χ0) is 22.3. The second-order valence-electron chi connectivity index (χ2n) is 5.60. The van der Waals surface area contributed by atoms with Gasteiger partial charge in [-0.25, -0.2) is 0 Å². The molecular formula is C13H13F13O. The van der Waals surface area contributed by atoms with E-state index in [-0.39, 0.29) is 6.42 Å². The van der Waals surface area contributed by atoms with Gasteiger partial charge in [0.1, 0.15) is 5.78 Å². The maximum atomic E-state index is 13.8. The highest BCUT2D eigenvalue weighted by Gasteiger charge is 2.91. The Morgan fingerprint density at radius 2 is 1.04 bits per heavy atom. The molecule has 0 saturated carbocycles. The molecule has 0 bridgehead atoms. The second kappa shape index (κ2) is 7.30. The molecule has 0 heterocycles. The number of carbonyl (C=O) groups is 1. The molecule has 0 spiro atoms. The third kappa shape index (κ3) is 3.71. The van der Waals surface area contributed by atoms with Gasteiger partial charge in [-0.2, -0.15) is 57.1 Å². The number of halogens is 13. The highest BCUT2D eigenvalue weighted by atomic mass is 19.4. The minimum atomic E-state index is -7.95. The van der Waals surface area contributed by atoms with E-state index < -0.39 is 60.3 Å². The molecule has 14 heteroatoms. The Morgan fingerprint density at radius 1 is 0.667 bits per heavy atom. The normalized spacial score (nSPS) is 16.4. The Kier molecular flexibility index (Phi) is 6.96. The summed E-state index contributed by atoms with van der Waals surface area (Å²) in [5.74, 6) is -42.4. The summed E-state index contributed by atoms with van der Waals surface area (Å²) in [4.78, 5) is 11.4. The van der Waals surface area contributed by atoms with Crippen LogP contribution in [0.5, 0.6) is 0 Å². The first-order valence-corrected chi connectivity index (χ1v) is 7.16. The van der Waals surface area contributed by atoms with Crippen LogP contribution in [0, 0.1) is 5.92 Å². The van der Waals surface area contributed by atoms with Crippen LogP contribution in [0.3, 0.4) is 0 Å². The molecular weight excluding hydrogens is 419 g/mol. The van der Waals surface area contributed by atoms with Crippen LogP contribution in [0.1, 0.15) is 33.1 Å². The molecule has 162 valence electrons. The molecule has 0 aromatic rings. The molecule has 0 saturated heterocycles. The van der Waals surface area contributed by atoms with Crippen molar-refractivity contribution in [3.8, 4) is 0 Å². The van der Waals surface area contributed by atoms with Gasteiger partial charge in [0.05, 0.1) is 5.92 Å². The van der Waals surface area contributed by atoms with Crippen molar-refractivity contribution in [2.75, 3.05) is 0 Å². The molecule has 0 aliphatic carbocycles. The molecule has 0 aromatic heterocycles. The molecule has 0 fully saturated rings. The van der Waals surface area contributed by atoms with Crippen LogP contribution in [-0.4, -0.2) is 41.6 Å². The molecule has 0 N–H and O–H groups in total. The maximum Gasteiger partial charge on any atom is 0.460 e. The van der Waals surface area contributed by atoms with E-state index in [1.54, 1.807) is 0 Å². The monoisotopic (exact) mass is 432 g/mol. The summed E-state index contributed by atoms with van der Waals surface area (Å²) in [6.07, 6.45) is -9.85. The van der Waals surface area contributed by atoms with E-state index in [1.165, 1.54) is 6.92 Å². The zero-order valence-corrected chi connectivity index (χ0v) is 13.5. The van der Waals surface area contributed by atoms with E-state index >= 15 is 0 Å². The van der Waals surface area contributed by atoms with Crippen LogP contribution in [0.25, 0.3) is 0 Å². The van der Waals surface area contributed by atoms with Gasteiger partial charge in [-0.3, -0.25) is 4.79 Å². The van der Waals surface area contributed by atoms with E-state index in [1.807, 2.05) is 0 Å². The van der Waals surface area contributed by atoms with Gasteiger partial charge in [-0.05, 0) is 12.8 Å². The number of Topliss-reactive ketones (excluding diaryl/α,β-unsaturated/α-hetero) is 1. The lowest BCUT2D eigenvalue weighted by molar-refractivity contribution is -0.442. The summed E-state index contributed by atoms with van der Waals surface area (Å²) in [6.45, 7) is 1.80. The summed E-state index contributed by atoms with van der Waals surface area (Å²) in [5, 5.41) is 0. The average molecular weight is 432 g/mol. The van der Waals surface area contributed by atoms with Crippen molar-refractivity contribution < 1.29 is 61.9 Å². The lowest BCUT2D eigenvalue weighted by Gasteiger charge is -2.41. The van der Waals surface area contributed by atoms with Crippen LogP contribution in [0.2, 0.25) is 0 Å². The molecule has 0 radical (unpaired) electrons. The highest BCUT2D eigenvalue weighted by molar-refractivity contribution is 5.82. The number of hydrogen-bond donors (Lipinski definition) is 0. The Bertz CT molecular complexity index is 535. The van der Waals surface area contributed by atoms with Crippen LogP contribution < -0.4 is 0 Å². The second-order valence-corrected chi connectivity index (χ2v) is 5.60. The highest BCUT2D eigenvalue weighted by Crippen LogP contribution is 2.61. The molecule has 1 nitrogen and oxygen atoms in total. The third-order valence-electron chi connectivity index (χ3n) is 3.69. The van der Waals surface area contributed by atoms with Gasteiger partial charge < -0.3 is 0 Å². The molecule has 0 amide bonds. The van der Waals surface area contributed by atoms with Gasteiger partial charge in [0, 0.05) is 6.42 Å². The molecule has 27 heavy (non-hydrogen) atoms. The maximum absolute atomic E-state index is 13.8. The summed E-state index contributed by atoms with van der Waals surface area (Å²) < 4.78 is 169. The standard InChI is InChI=1S/C13H13F13O/c1-3-5-7(27)6(4-2)8(14,15)9(16,17)10(18,19)11(20,21)12(22,23)13(24,25)26/h6H,3-5H2,1-2H3. The van der Waals surface area contributed by atoms with E-state index in [2.05, 4.69) is 0 Å². The van der Waals surface area contributed by atoms with E-state index in [4.69, 9.17) is 0 Å². The molecule has 1 unspecified atom stereocenters. The Morgan fingerprint density at radius 3 is 1.33 bits per heavy atom. The van der Waals surface area contributed by atoms with Crippen LogP contribution in [0.4, 0.5) is 57.1 Å². The minimum Gasteiger partial charge on any atom is -0.299 e. The zero-order valence-electron chi connectivity index (χ0n) is 13.5. The summed E-state index contributed by atoms with van der Waals surface area (Å²) in [7, 11) is 0. The van der Waals surface area contributed by atoms with Gasteiger partial charge >= 0.3 is 35.8 Å². The van der Waals surface area contributed by atoms with Crippen molar-refractivity contribution in [2.45, 2.75) is 68.9 Å². The largest absolute Gasteiger partial charge is 0.460 e. The van der Waals surface area contributed by atoms with Gasteiger partial charge in [-0.15, -0.1) is 0 Å². The first-order valence-electron chi connectivity index (χ1n) is 7.16. The van der Waals surface area contributed by atoms with Crippen LogP contribution in [0.15, 0.2) is 0 Å². The van der Waals surface area contributed by atoms with E-state index in [0.29, 0.717) is 6.92 Å². The molecule has 0 aliphatic heterocycles. The quantitative estimate of drug-likeness (QED) is 0.402. The Labute approximate surface area is 143 Å². The molecule has 0 aliphatic rings. The predicted molar refractivity (Wildman–Crippen MR) is 64.5 cm³/mol. The van der Waals surface area contributed by atoms with Crippen molar-refractivity contribution in [1.82, 2.24) is 0 Å². The lowest BCUT2D eigenvalue weighted by Crippen LogP contribution is -2.71. The SMILES string of the molecule is CCCC(=O)C(CC)C(F)(F)C(F)(F)C(F)(F)C(F)(F)C(F)(F)C(F)(F)F. The van der Waals surface area contributed by atoms with Crippen LogP contribution >= 0.6 is 0 Å². The summed E-state index contributed by atoms with van der Waals surface area (Å²) in [6, 6.07) is 0. The number of hydrogen-bond acceptors (Lipinski definition) is 1. The van der Waals surface area contributed by atoms with Crippen molar-refractivity contribution >= 4 is 5.78 Å². The lowest BCUT2D eigenvalue weighted by atomic mass is 9.83. The summed E-state index contributed by atoms with van der Waals surface area (Å²) >= 11 is 0. The predicted octanol–water partition coefficient (Wildman–Crippen LogP) is 6.12. The van der Waals surface area contributed by atoms with E-state index in [9.17, 15) is 61.9 Å². The smallest absolute Gasteiger partial charge is 0.299 e. The summed E-state index contributed by atoms with van der Waals surface area (Å²) in [5.41, 5.74) is 0. The van der Waals surface area contributed by atoms with Gasteiger partial charge in [0.15, 0.2) is 0 Å². The fourth-order valence-corrected chi connectivity index (χ4v) is 2.11. The fourth-order valence-electron chi connectivity index (χ4n) is 2.11. The molecule has 0 rings (SSSR count). The molecule has 1 atom stereocenters. The number of alkyl halides is 13. The minimum absolute atomic E-state index is 0.240. The molecule has 0 aromatic carbocycles. The topological polar surface area (TPSA) is 17.1 Å². The Balaban J connectivity index is 6.41. The van der Waals surface area contributed by atoms with Crippen molar-refractivity contribution in [3.05, 3.63) is 0 Å². The first-order chi connectivity index (χ1) is 11.7.